The van der Waals surface area contributed by atoms with Crippen molar-refractivity contribution in [2.45, 2.75) is 53.6 Å². The minimum absolute atomic E-state index is 0.0226. The fourth-order valence-corrected chi connectivity index (χ4v) is 3.56. The third kappa shape index (κ3) is 5.23. The number of nitrogens with one attached hydrogen (secondary N) is 1. The lowest BCUT2D eigenvalue weighted by Crippen LogP contribution is -2.50. The molecule has 0 saturated carbocycles. The molecule has 1 aromatic carbocycles. The fraction of sp³-hybridized carbons (Fsp3) is 0.588. The van der Waals surface area contributed by atoms with Gasteiger partial charge in [0.15, 0.2) is 0 Å². The normalized spacial score (nSPS) is 14.4. The first-order valence-electron chi connectivity index (χ1n) is 7.81. The molecule has 1 rings (SSSR count). The predicted octanol–water partition coefficient (Wildman–Crippen LogP) is 2.62. The van der Waals surface area contributed by atoms with Crippen molar-refractivity contribution in [3.8, 4) is 0 Å². The van der Waals surface area contributed by atoms with Gasteiger partial charge in [0.25, 0.3) is 0 Å². The SMILES string of the molecule is Cc1cc(C)cc(N([C@@H](C)C(=O)N[C@H](C)C(C)C)S(C)(=O)=O)c1. The molecule has 0 heterocycles. The lowest BCUT2D eigenvalue weighted by Gasteiger charge is -2.30. The molecule has 5 nitrogen and oxygen atoms in total. The van der Waals surface area contributed by atoms with Crippen LogP contribution in [0.15, 0.2) is 18.2 Å². The Morgan fingerprint density at radius 2 is 1.52 bits per heavy atom. The molecule has 0 aliphatic carbocycles. The number of benzene rings is 1. The molecular formula is C17H28N2O3S. The van der Waals surface area contributed by atoms with Gasteiger partial charge in [-0.15, -0.1) is 0 Å². The Morgan fingerprint density at radius 1 is 1.04 bits per heavy atom. The van der Waals surface area contributed by atoms with E-state index in [4.69, 9.17) is 0 Å². The van der Waals surface area contributed by atoms with Crippen molar-refractivity contribution in [2.75, 3.05) is 10.6 Å². The number of carbonyl (C=O) groups is 1. The molecule has 1 aromatic rings. The third-order valence-electron chi connectivity index (χ3n) is 3.92. The monoisotopic (exact) mass is 340 g/mol. The van der Waals surface area contributed by atoms with Crippen LogP contribution in [0, 0.1) is 19.8 Å². The summed E-state index contributed by atoms with van der Waals surface area (Å²) in [6.45, 7) is 11.4. The minimum atomic E-state index is -3.58. The zero-order valence-corrected chi connectivity index (χ0v) is 15.9. The van der Waals surface area contributed by atoms with Gasteiger partial charge < -0.3 is 5.32 Å². The van der Waals surface area contributed by atoms with Crippen molar-refractivity contribution in [1.29, 1.82) is 0 Å². The van der Waals surface area contributed by atoms with E-state index in [0.29, 0.717) is 5.69 Å². The van der Waals surface area contributed by atoms with E-state index < -0.39 is 16.1 Å². The summed E-state index contributed by atoms with van der Waals surface area (Å²) in [4.78, 5) is 12.5. The summed E-state index contributed by atoms with van der Waals surface area (Å²) < 4.78 is 25.7. The van der Waals surface area contributed by atoms with E-state index in [2.05, 4.69) is 5.32 Å². The molecule has 23 heavy (non-hydrogen) atoms. The molecule has 6 heteroatoms. The molecule has 130 valence electrons. The van der Waals surface area contributed by atoms with Gasteiger partial charge in [-0.2, -0.15) is 0 Å². The van der Waals surface area contributed by atoms with Crippen LogP contribution in [-0.2, 0) is 14.8 Å². The van der Waals surface area contributed by atoms with Crippen molar-refractivity contribution < 1.29 is 13.2 Å². The summed E-state index contributed by atoms with van der Waals surface area (Å²) in [7, 11) is -3.58. The average molecular weight is 340 g/mol. The zero-order chi connectivity index (χ0) is 17.9. The molecule has 0 fully saturated rings. The van der Waals surface area contributed by atoms with Crippen LogP contribution in [0.5, 0.6) is 0 Å². The number of sulfonamides is 1. The average Bonchev–Trinajstić information content (AvgIpc) is 2.35. The molecule has 0 aliphatic heterocycles. The Kier molecular flexibility index (Phi) is 6.22. The fourth-order valence-electron chi connectivity index (χ4n) is 2.40. The molecule has 0 bridgehead atoms. The topological polar surface area (TPSA) is 66.5 Å². The second kappa shape index (κ2) is 7.34. The summed E-state index contributed by atoms with van der Waals surface area (Å²) >= 11 is 0. The Bertz CT molecular complexity index is 648. The number of aryl methyl sites for hydroxylation is 2. The van der Waals surface area contributed by atoms with Gasteiger partial charge in [-0.05, 0) is 56.9 Å². The number of nitrogens with zero attached hydrogens (tertiary/aromatic N) is 1. The quantitative estimate of drug-likeness (QED) is 0.865. The van der Waals surface area contributed by atoms with Crippen LogP contribution in [0.25, 0.3) is 0 Å². The van der Waals surface area contributed by atoms with Crippen LogP contribution in [0.2, 0.25) is 0 Å². The van der Waals surface area contributed by atoms with E-state index >= 15 is 0 Å². The second-order valence-corrected chi connectivity index (χ2v) is 8.48. The van der Waals surface area contributed by atoms with Gasteiger partial charge in [0.2, 0.25) is 15.9 Å². The minimum Gasteiger partial charge on any atom is -0.352 e. The van der Waals surface area contributed by atoms with Gasteiger partial charge in [-0.25, -0.2) is 8.42 Å². The Labute approximate surface area is 140 Å². The maximum absolute atomic E-state index is 12.5. The van der Waals surface area contributed by atoms with Crippen molar-refractivity contribution in [3.63, 3.8) is 0 Å². The summed E-state index contributed by atoms with van der Waals surface area (Å²) in [6.07, 6.45) is 1.13. The van der Waals surface area contributed by atoms with E-state index in [-0.39, 0.29) is 17.9 Å². The summed E-state index contributed by atoms with van der Waals surface area (Å²) in [6, 6.07) is 4.70. The first-order chi connectivity index (χ1) is 10.4. The van der Waals surface area contributed by atoms with E-state index in [0.717, 1.165) is 17.4 Å². The lowest BCUT2D eigenvalue weighted by atomic mass is 10.1. The van der Waals surface area contributed by atoms with Crippen LogP contribution in [0.3, 0.4) is 0 Å². The smallest absolute Gasteiger partial charge is 0.243 e. The molecule has 2 atom stereocenters. The van der Waals surface area contributed by atoms with Gasteiger partial charge in [0.05, 0.1) is 11.9 Å². The van der Waals surface area contributed by atoms with Crippen LogP contribution in [-0.4, -0.2) is 32.7 Å². The highest BCUT2D eigenvalue weighted by Crippen LogP contribution is 2.24. The second-order valence-electron chi connectivity index (χ2n) is 6.62. The molecule has 0 radical (unpaired) electrons. The summed E-state index contributed by atoms with van der Waals surface area (Å²) in [5, 5.41) is 2.89. The van der Waals surface area contributed by atoms with E-state index in [9.17, 15) is 13.2 Å². The number of anilines is 1. The Hall–Kier alpha value is -1.56. The number of hydrogen-bond acceptors (Lipinski definition) is 3. The number of amides is 1. The van der Waals surface area contributed by atoms with Crippen molar-refractivity contribution in [1.82, 2.24) is 5.32 Å². The highest BCUT2D eigenvalue weighted by molar-refractivity contribution is 7.92. The number of hydrogen-bond donors (Lipinski definition) is 1. The van der Waals surface area contributed by atoms with Gasteiger partial charge in [0.1, 0.15) is 6.04 Å². The third-order valence-corrected chi connectivity index (χ3v) is 5.16. The maximum atomic E-state index is 12.5. The predicted molar refractivity (Wildman–Crippen MR) is 95.1 cm³/mol. The van der Waals surface area contributed by atoms with E-state index in [1.807, 2.05) is 40.7 Å². The van der Waals surface area contributed by atoms with E-state index in [1.54, 1.807) is 19.1 Å². The van der Waals surface area contributed by atoms with Crippen LogP contribution in [0.1, 0.15) is 38.8 Å². The lowest BCUT2D eigenvalue weighted by molar-refractivity contribution is -0.122. The van der Waals surface area contributed by atoms with E-state index in [1.165, 1.54) is 4.31 Å². The first-order valence-corrected chi connectivity index (χ1v) is 9.66. The summed E-state index contributed by atoms with van der Waals surface area (Å²) in [5.41, 5.74) is 2.43. The molecular weight excluding hydrogens is 312 g/mol. The highest BCUT2D eigenvalue weighted by Gasteiger charge is 2.30. The maximum Gasteiger partial charge on any atom is 0.243 e. The molecule has 0 saturated heterocycles. The molecule has 0 aliphatic rings. The van der Waals surface area contributed by atoms with Crippen molar-refractivity contribution >= 4 is 21.6 Å². The van der Waals surface area contributed by atoms with Gasteiger partial charge in [-0.3, -0.25) is 9.10 Å². The van der Waals surface area contributed by atoms with Gasteiger partial charge in [-0.1, -0.05) is 19.9 Å². The molecule has 0 unspecified atom stereocenters. The van der Waals surface area contributed by atoms with Crippen LogP contribution >= 0.6 is 0 Å². The van der Waals surface area contributed by atoms with Crippen LogP contribution < -0.4 is 9.62 Å². The Balaban J connectivity index is 3.20. The van der Waals surface area contributed by atoms with Crippen LogP contribution in [0.4, 0.5) is 5.69 Å². The highest BCUT2D eigenvalue weighted by atomic mass is 32.2. The molecule has 0 aromatic heterocycles. The Morgan fingerprint density at radius 3 is 1.91 bits per heavy atom. The zero-order valence-electron chi connectivity index (χ0n) is 15.0. The molecule has 1 N–H and O–H groups in total. The molecule has 1 amide bonds. The number of carbonyl (C=O) groups excluding carboxylic acids is 1. The largest absolute Gasteiger partial charge is 0.352 e. The summed E-state index contributed by atoms with van der Waals surface area (Å²) in [5.74, 6) is -0.0187. The number of rotatable bonds is 6. The van der Waals surface area contributed by atoms with Crippen molar-refractivity contribution in [2.24, 2.45) is 5.92 Å². The standard InChI is InChI=1S/C17H28N2O3S/c1-11(2)14(5)18-17(20)15(6)19(23(7,21)22)16-9-12(3)8-13(4)10-16/h8-11,14-15H,1-7H3,(H,18,20)/t14-,15+/m1/s1. The first kappa shape index (κ1) is 19.5. The van der Waals surface area contributed by atoms with Gasteiger partial charge in [0, 0.05) is 6.04 Å². The van der Waals surface area contributed by atoms with Gasteiger partial charge >= 0.3 is 0 Å². The molecule has 0 spiro atoms. The van der Waals surface area contributed by atoms with Crippen molar-refractivity contribution in [3.05, 3.63) is 29.3 Å².